The molecule has 1 fully saturated rings. The minimum absolute atomic E-state index is 0.0257. The van der Waals surface area contributed by atoms with Crippen LogP contribution in [0.5, 0.6) is 0 Å². The third-order valence-corrected chi connectivity index (χ3v) is 6.85. The molecule has 2 atom stereocenters. The Morgan fingerprint density at radius 3 is 2.37 bits per heavy atom. The normalized spacial score (nSPS) is 16.2. The molecule has 3 aromatic rings. The molecule has 0 radical (unpaired) electrons. The molecule has 2 N–H and O–H groups in total. The van der Waals surface area contributed by atoms with E-state index in [0.717, 1.165) is 17.2 Å². The number of likely N-dealkylation sites (tertiary alicyclic amines) is 1. The lowest BCUT2D eigenvalue weighted by atomic mass is 9.72. The van der Waals surface area contributed by atoms with Gasteiger partial charge in [0.25, 0.3) is 0 Å². The van der Waals surface area contributed by atoms with Crippen LogP contribution in [0.2, 0.25) is 5.02 Å². The molecule has 180 valence electrons. The van der Waals surface area contributed by atoms with E-state index in [4.69, 9.17) is 17.3 Å². The fraction of sp³-hybridized carbons (Fsp3) is 0.286. The molecule has 1 aliphatic rings. The lowest BCUT2D eigenvalue weighted by Gasteiger charge is -2.50. The maximum atomic E-state index is 15.5. The van der Waals surface area contributed by atoms with Gasteiger partial charge in [-0.05, 0) is 78.9 Å². The van der Waals surface area contributed by atoms with Crippen molar-refractivity contribution in [2.45, 2.75) is 31.5 Å². The van der Waals surface area contributed by atoms with E-state index in [0.29, 0.717) is 29.2 Å². The summed E-state index contributed by atoms with van der Waals surface area (Å²) in [5, 5.41) is 10.0. The van der Waals surface area contributed by atoms with Crippen molar-refractivity contribution in [2.24, 2.45) is 11.7 Å². The Balaban J connectivity index is 1.67. The standard InChI is InChI=1S/C28H26ClF2N3O/c1-28(2,31)25(20-11-21(27(33)35)13-24(30)12-20)22-15-34(16-22)26(18-6-8-23(29)9-7-18)19-5-3-4-17(10-19)14-32/h3-13,22,25-26H,15-16H2,1-2H3,(H2,33,35). The number of nitrogens with two attached hydrogens (primary N) is 1. The SMILES string of the molecule is CC(C)(F)C(c1cc(F)cc(C(N)=O)c1)C1CN(C(c2ccc(Cl)cc2)c2cccc(C#N)c2)C1. The number of primary amides is 1. The van der Waals surface area contributed by atoms with Crippen LogP contribution in [0.25, 0.3) is 0 Å². The van der Waals surface area contributed by atoms with E-state index < -0.39 is 23.3 Å². The zero-order chi connectivity index (χ0) is 25.3. The molecule has 3 aromatic carbocycles. The Morgan fingerprint density at radius 2 is 1.77 bits per heavy atom. The molecule has 35 heavy (non-hydrogen) atoms. The van der Waals surface area contributed by atoms with Crippen molar-refractivity contribution in [3.05, 3.63) is 105 Å². The van der Waals surface area contributed by atoms with E-state index in [9.17, 15) is 14.4 Å². The summed E-state index contributed by atoms with van der Waals surface area (Å²) in [6, 6.07) is 20.8. The van der Waals surface area contributed by atoms with Crippen molar-refractivity contribution in [3.8, 4) is 6.07 Å². The first-order valence-electron chi connectivity index (χ1n) is 11.4. The molecular weight excluding hydrogens is 468 g/mol. The van der Waals surface area contributed by atoms with Crippen molar-refractivity contribution >= 4 is 17.5 Å². The van der Waals surface area contributed by atoms with Crippen LogP contribution in [0.15, 0.2) is 66.7 Å². The van der Waals surface area contributed by atoms with Crippen molar-refractivity contribution < 1.29 is 13.6 Å². The number of hydrogen-bond acceptors (Lipinski definition) is 3. The van der Waals surface area contributed by atoms with Crippen LogP contribution >= 0.6 is 11.6 Å². The first-order chi connectivity index (χ1) is 16.6. The first kappa shape index (κ1) is 24.8. The Morgan fingerprint density at radius 1 is 1.09 bits per heavy atom. The maximum absolute atomic E-state index is 15.5. The second kappa shape index (κ2) is 9.77. The third kappa shape index (κ3) is 5.37. The van der Waals surface area contributed by atoms with Crippen LogP contribution < -0.4 is 5.73 Å². The summed E-state index contributed by atoms with van der Waals surface area (Å²) >= 11 is 6.11. The number of carbonyl (C=O) groups excluding carboxylic acids is 1. The number of alkyl halides is 1. The van der Waals surface area contributed by atoms with E-state index in [2.05, 4.69) is 11.0 Å². The minimum Gasteiger partial charge on any atom is -0.366 e. The van der Waals surface area contributed by atoms with Gasteiger partial charge in [0.2, 0.25) is 5.91 Å². The molecule has 0 bridgehead atoms. The second-order valence-electron chi connectivity index (χ2n) is 9.58. The summed E-state index contributed by atoms with van der Waals surface area (Å²) in [5.41, 5.74) is 6.66. The number of hydrogen-bond donors (Lipinski definition) is 1. The Hall–Kier alpha value is -3.27. The van der Waals surface area contributed by atoms with Crippen molar-refractivity contribution in [1.29, 1.82) is 5.26 Å². The van der Waals surface area contributed by atoms with Crippen LogP contribution in [-0.2, 0) is 0 Å². The topological polar surface area (TPSA) is 70.1 Å². The number of rotatable bonds is 7. The zero-order valence-electron chi connectivity index (χ0n) is 19.5. The number of nitriles is 1. The van der Waals surface area contributed by atoms with Crippen LogP contribution in [0.4, 0.5) is 8.78 Å². The van der Waals surface area contributed by atoms with Crippen molar-refractivity contribution in [3.63, 3.8) is 0 Å². The number of carbonyl (C=O) groups is 1. The highest BCUT2D eigenvalue weighted by Crippen LogP contribution is 2.45. The number of nitrogens with zero attached hydrogens (tertiary/aromatic N) is 2. The van der Waals surface area contributed by atoms with Gasteiger partial charge < -0.3 is 5.73 Å². The van der Waals surface area contributed by atoms with E-state index in [1.807, 2.05) is 42.5 Å². The van der Waals surface area contributed by atoms with Gasteiger partial charge in [-0.1, -0.05) is 35.9 Å². The average Bonchev–Trinajstić information content (AvgIpc) is 2.77. The molecule has 1 saturated heterocycles. The monoisotopic (exact) mass is 493 g/mol. The highest BCUT2D eigenvalue weighted by atomic mass is 35.5. The van der Waals surface area contributed by atoms with Gasteiger partial charge in [0, 0.05) is 29.6 Å². The summed E-state index contributed by atoms with van der Waals surface area (Å²) < 4.78 is 29.8. The first-order valence-corrected chi connectivity index (χ1v) is 11.7. The molecule has 0 aromatic heterocycles. The van der Waals surface area contributed by atoms with Gasteiger partial charge in [0.05, 0.1) is 17.7 Å². The molecule has 1 heterocycles. The quantitative estimate of drug-likeness (QED) is 0.438. The van der Waals surface area contributed by atoms with E-state index >= 15 is 4.39 Å². The molecule has 7 heteroatoms. The van der Waals surface area contributed by atoms with Gasteiger partial charge >= 0.3 is 0 Å². The van der Waals surface area contributed by atoms with Crippen LogP contribution in [0, 0.1) is 23.1 Å². The highest BCUT2D eigenvalue weighted by Gasteiger charge is 2.45. The van der Waals surface area contributed by atoms with E-state index in [-0.39, 0.29) is 17.5 Å². The molecule has 1 amide bonds. The van der Waals surface area contributed by atoms with Crippen LogP contribution in [0.3, 0.4) is 0 Å². The highest BCUT2D eigenvalue weighted by molar-refractivity contribution is 6.30. The smallest absolute Gasteiger partial charge is 0.248 e. The van der Waals surface area contributed by atoms with Crippen LogP contribution in [0.1, 0.15) is 58.4 Å². The number of amides is 1. The number of halogens is 3. The fourth-order valence-corrected chi connectivity index (χ4v) is 5.30. The molecule has 0 saturated carbocycles. The van der Waals surface area contributed by atoms with Gasteiger partial charge in [-0.25, -0.2) is 8.78 Å². The van der Waals surface area contributed by atoms with Gasteiger partial charge in [0.1, 0.15) is 11.5 Å². The van der Waals surface area contributed by atoms with Crippen molar-refractivity contribution in [1.82, 2.24) is 4.90 Å². The Kier molecular flexibility index (Phi) is 6.93. The Bertz CT molecular complexity index is 1270. The summed E-state index contributed by atoms with van der Waals surface area (Å²) in [6.07, 6.45) is 0. The second-order valence-corrected chi connectivity index (χ2v) is 10.0. The summed E-state index contributed by atoms with van der Waals surface area (Å²) in [7, 11) is 0. The predicted molar refractivity (Wildman–Crippen MR) is 132 cm³/mol. The molecule has 2 unspecified atom stereocenters. The zero-order valence-corrected chi connectivity index (χ0v) is 20.3. The fourth-order valence-electron chi connectivity index (χ4n) is 5.17. The van der Waals surface area contributed by atoms with Crippen LogP contribution in [-0.4, -0.2) is 29.6 Å². The largest absolute Gasteiger partial charge is 0.366 e. The molecule has 0 spiro atoms. The molecule has 0 aliphatic carbocycles. The number of benzene rings is 3. The van der Waals surface area contributed by atoms with E-state index in [1.54, 1.807) is 6.07 Å². The predicted octanol–water partition coefficient (Wildman–Crippen LogP) is 6.00. The van der Waals surface area contributed by atoms with Gasteiger partial charge in [-0.3, -0.25) is 9.69 Å². The average molecular weight is 494 g/mol. The minimum atomic E-state index is -1.66. The Labute approximate surface area is 208 Å². The van der Waals surface area contributed by atoms with Gasteiger partial charge in [-0.2, -0.15) is 5.26 Å². The van der Waals surface area contributed by atoms with E-state index in [1.165, 1.54) is 26.0 Å². The lowest BCUT2D eigenvalue weighted by molar-refractivity contribution is 0.00810. The summed E-state index contributed by atoms with van der Waals surface area (Å²) in [5.74, 6) is -2.12. The summed E-state index contributed by atoms with van der Waals surface area (Å²) in [4.78, 5) is 13.9. The molecule has 4 rings (SSSR count). The molecule has 1 aliphatic heterocycles. The van der Waals surface area contributed by atoms with Gasteiger partial charge in [0.15, 0.2) is 0 Å². The van der Waals surface area contributed by atoms with Gasteiger partial charge in [-0.15, -0.1) is 0 Å². The van der Waals surface area contributed by atoms with Crippen molar-refractivity contribution in [2.75, 3.05) is 13.1 Å². The summed E-state index contributed by atoms with van der Waals surface area (Å²) in [6.45, 7) is 4.04. The molecule has 4 nitrogen and oxygen atoms in total. The maximum Gasteiger partial charge on any atom is 0.248 e. The lowest BCUT2D eigenvalue weighted by Crippen LogP contribution is -2.53. The third-order valence-electron chi connectivity index (χ3n) is 6.60. The molecular formula is C28H26ClF2N3O.